The lowest BCUT2D eigenvalue weighted by Gasteiger charge is -2.07. The number of ether oxygens (including phenoxy) is 1. The Morgan fingerprint density at radius 2 is 1.48 bits per heavy atom. The Kier molecular flexibility index (Phi) is 6.33. The van der Waals surface area contributed by atoms with Crippen LogP contribution in [0.5, 0.6) is 5.75 Å². The number of unbranched alkanes of at least 4 members (excludes halogenated alkanes) is 2. The predicted octanol–water partition coefficient (Wildman–Crippen LogP) is 3.69. The van der Waals surface area contributed by atoms with Gasteiger partial charge in [0, 0.05) is 18.9 Å². The number of hydrogen-bond donors (Lipinski definition) is 0. The third-order valence-electron chi connectivity index (χ3n) is 2.70. The van der Waals surface area contributed by atoms with Gasteiger partial charge in [0.1, 0.15) is 5.78 Å². The van der Waals surface area contributed by atoms with Gasteiger partial charge >= 0.3 is 5.97 Å². The number of esters is 1. The number of ketones is 1. The number of carbonyl (C=O) groups excluding carboxylic acids is 2. The van der Waals surface area contributed by atoms with Crippen molar-refractivity contribution in [1.29, 1.82) is 0 Å². The molecule has 1 aromatic rings. The monoisotopic (exact) mass is 306 g/mol. The average molecular weight is 306 g/mol. The first-order valence-corrected chi connectivity index (χ1v) is 6.36. The molecule has 0 spiro atoms. The Morgan fingerprint density at radius 3 is 2.00 bits per heavy atom. The fourth-order valence-electron chi connectivity index (χ4n) is 1.63. The van der Waals surface area contributed by atoms with Gasteiger partial charge in [-0.05, 0) is 19.8 Å². The SMILES string of the molecule is CC(=O)CCCCCC(=O)Oc1c(F)c(F)cc(F)c1F. The van der Waals surface area contributed by atoms with Crippen molar-refractivity contribution in [3.8, 4) is 5.75 Å². The molecule has 0 aromatic heterocycles. The summed E-state index contributed by atoms with van der Waals surface area (Å²) in [4.78, 5) is 22.0. The lowest BCUT2D eigenvalue weighted by molar-refractivity contribution is -0.135. The molecule has 0 N–H and O–H groups in total. The number of Topliss-reactive ketones (excluding diaryl/α,β-unsaturated/α-hetero) is 1. The highest BCUT2D eigenvalue weighted by Gasteiger charge is 2.22. The minimum atomic E-state index is -1.75. The van der Waals surface area contributed by atoms with Crippen LogP contribution in [0.2, 0.25) is 0 Å². The molecule has 0 aliphatic rings. The van der Waals surface area contributed by atoms with Gasteiger partial charge in [-0.25, -0.2) is 8.78 Å². The van der Waals surface area contributed by atoms with Gasteiger partial charge in [-0.15, -0.1) is 0 Å². The summed E-state index contributed by atoms with van der Waals surface area (Å²) < 4.78 is 56.6. The molecule has 21 heavy (non-hydrogen) atoms. The molecule has 0 saturated carbocycles. The van der Waals surface area contributed by atoms with E-state index >= 15 is 0 Å². The van der Waals surface area contributed by atoms with Gasteiger partial charge in [0.2, 0.25) is 17.4 Å². The van der Waals surface area contributed by atoms with Crippen LogP contribution in [0.3, 0.4) is 0 Å². The number of carbonyl (C=O) groups is 2. The van der Waals surface area contributed by atoms with E-state index in [-0.39, 0.29) is 18.3 Å². The van der Waals surface area contributed by atoms with Crippen molar-refractivity contribution < 1.29 is 31.9 Å². The Morgan fingerprint density at radius 1 is 0.952 bits per heavy atom. The summed E-state index contributed by atoms with van der Waals surface area (Å²) in [6.07, 6.45) is 1.69. The summed E-state index contributed by atoms with van der Waals surface area (Å²) in [5, 5.41) is 0. The highest BCUT2D eigenvalue weighted by Crippen LogP contribution is 2.26. The zero-order valence-electron chi connectivity index (χ0n) is 11.3. The Balaban J connectivity index is 2.54. The van der Waals surface area contributed by atoms with Crippen molar-refractivity contribution in [2.24, 2.45) is 0 Å². The molecule has 3 nitrogen and oxygen atoms in total. The highest BCUT2D eigenvalue weighted by molar-refractivity contribution is 5.75. The molecular formula is C14H14F4O3. The smallest absolute Gasteiger partial charge is 0.311 e. The van der Waals surface area contributed by atoms with Crippen LogP contribution >= 0.6 is 0 Å². The summed E-state index contributed by atoms with van der Waals surface area (Å²) in [7, 11) is 0. The summed E-state index contributed by atoms with van der Waals surface area (Å²) in [5.41, 5.74) is 0. The molecule has 0 heterocycles. The first kappa shape index (κ1) is 17.1. The third-order valence-corrected chi connectivity index (χ3v) is 2.70. The third kappa shape index (κ3) is 5.17. The van der Waals surface area contributed by atoms with E-state index in [0.717, 1.165) is 0 Å². The minimum absolute atomic E-state index is 0.0250. The minimum Gasteiger partial charge on any atom is -0.420 e. The maximum Gasteiger partial charge on any atom is 0.311 e. The second-order valence-electron chi connectivity index (χ2n) is 4.53. The van der Waals surface area contributed by atoms with Crippen LogP contribution in [0.15, 0.2) is 6.07 Å². The van der Waals surface area contributed by atoms with Gasteiger partial charge in [-0.3, -0.25) is 4.79 Å². The molecule has 0 aliphatic heterocycles. The largest absolute Gasteiger partial charge is 0.420 e. The van der Waals surface area contributed by atoms with Crippen molar-refractivity contribution in [3.05, 3.63) is 29.3 Å². The van der Waals surface area contributed by atoms with Gasteiger partial charge in [0.25, 0.3) is 0 Å². The summed E-state index contributed by atoms with van der Waals surface area (Å²) >= 11 is 0. The van der Waals surface area contributed by atoms with E-state index in [1.54, 1.807) is 0 Å². The number of hydrogen-bond acceptors (Lipinski definition) is 3. The van der Waals surface area contributed by atoms with Crippen LogP contribution in [0.1, 0.15) is 39.0 Å². The van der Waals surface area contributed by atoms with E-state index in [1.165, 1.54) is 6.92 Å². The first-order valence-electron chi connectivity index (χ1n) is 6.36. The van der Waals surface area contributed by atoms with Crippen LogP contribution in [0.4, 0.5) is 17.6 Å². The van der Waals surface area contributed by atoms with E-state index < -0.39 is 35.0 Å². The van der Waals surface area contributed by atoms with Gasteiger partial charge < -0.3 is 9.53 Å². The lowest BCUT2D eigenvalue weighted by Crippen LogP contribution is -2.11. The van der Waals surface area contributed by atoms with Crippen LogP contribution < -0.4 is 4.74 Å². The molecule has 0 aliphatic carbocycles. The highest BCUT2D eigenvalue weighted by atomic mass is 19.2. The maximum atomic E-state index is 13.2. The standard InChI is InChI=1S/C14H14F4O3/c1-8(19)5-3-2-4-6-11(20)21-14-12(17)9(15)7-10(16)13(14)18/h7H,2-6H2,1H3. The molecule has 116 valence electrons. The zero-order chi connectivity index (χ0) is 16.0. The molecule has 1 aromatic carbocycles. The van der Waals surface area contributed by atoms with Crippen molar-refractivity contribution in [1.82, 2.24) is 0 Å². The second-order valence-corrected chi connectivity index (χ2v) is 4.53. The fraction of sp³-hybridized carbons (Fsp3) is 0.429. The van der Waals surface area contributed by atoms with Crippen molar-refractivity contribution in [3.63, 3.8) is 0 Å². The molecule has 0 amide bonds. The molecule has 0 unspecified atom stereocenters. The zero-order valence-corrected chi connectivity index (χ0v) is 11.3. The van der Waals surface area contributed by atoms with E-state index in [2.05, 4.69) is 4.74 Å². The van der Waals surface area contributed by atoms with Crippen molar-refractivity contribution in [2.45, 2.75) is 39.0 Å². The van der Waals surface area contributed by atoms with Gasteiger partial charge in [-0.1, -0.05) is 6.42 Å². The molecule has 0 atom stereocenters. The first-order chi connectivity index (χ1) is 9.82. The quantitative estimate of drug-likeness (QED) is 0.254. The number of benzene rings is 1. The van der Waals surface area contributed by atoms with E-state index in [0.29, 0.717) is 25.7 Å². The van der Waals surface area contributed by atoms with Gasteiger partial charge in [-0.2, -0.15) is 8.78 Å². The van der Waals surface area contributed by atoms with Crippen LogP contribution in [-0.2, 0) is 9.59 Å². The molecule has 0 radical (unpaired) electrons. The van der Waals surface area contributed by atoms with Crippen LogP contribution in [0.25, 0.3) is 0 Å². The van der Waals surface area contributed by atoms with Gasteiger partial charge in [0.15, 0.2) is 11.6 Å². The lowest BCUT2D eigenvalue weighted by atomic mass is 10.1. The topological polar surface area (TPSA) is 43.4 Å². The second kappa shape index (κ2) is 7.75. The number of halogens is 4. The molecular weight excluding hydrogens is 292 g/mol. The summed E-state index contributed by atoms with van der Waals surface area (Å²) in [6, 6.07) is 0.0315. The Bertz CT molecular complexity index is 517. The summed E-state index contributed by atoms with van der Waals surface area (Å²) in [6.45, 7) is 1.44. The van der Waals surface area contributed by atoms with E-state index in [9.17, 15) is 27.2 Å². The Hall–Kier alpha value is -1.92. The molecule has 7 heteroatoms. The average Bonchev–Trinajstić information content (AvgIpc) is 2.40. The molecule has 0 bridgehead atoms. The predicted molar refractivity (Wildman–Crippen MR) is 65.7 cm³/mol. The van der Waals surface area contributed by atoms with E-state index in [1.807, 2.05) is 0 Å². The normalized spacial score (nSPS) is 10.5. The van der Waals surface area contributed by atoms with Crippen LogP contribution in [-0.4, -0.2) is 11.8 Å². The number of rotatable bonds is 7. The molecule has 0 saturated heterocycles. The maximum absolute atomic E-state index is 13.2. The van der Waals surface area contributed by atoms with Crippen molar-refractivity contribution >= 4 is 11.8 Å². The van der Waals surface area contributed by atoms with E-state index in [4.69, 9.17) is 0 Å². The molecule has 1 rings (SSSR count). The molecule has 0 fully saturated rings. The fourth-order valence-corrected chi connectivity index (χ4v) is 1.63. The van der Waals surface area contributed by atoms with Gasteiger partial charge in [0.05, 0.1) is 0 Å². The Labute approximate surface area is 118 Å². The van der Waals surface area contributed by atoms with Crippen LogP contribution in [0, 0.1) is 23.3 Å². The summed E-state index contributed by atoms with van der Waals surface area (Å²) in [5.74, 6) is -9.13. The van der Waals surface area contributed by atoms with Crippen molar-refractivity contribution in [2.75, 3.05) is 0 Å².